The van der Waals surface area contributed by atoms with E-state index in [0.29, 0.717) is 6.54 Å². The molecule has 1 unspecified atom stereocenters. The molecular formula is C11H24N4O. The van der Waals surface area contributed by atoms with Gasteiger partial charge in [-0.2, -0.15) is 0 Å². The zero-order valence-electron chi connectivity index (χ0n) is 10.6. The Labute approximate surface area is 98.2 Å². The van der Waals surface area contributed by atoms with Gasteiger partial charge in [0.05, 0.1) is 6.54 Å². The van der Waals surface area contributed by atoms with Crippen molar-refractivity contribution < 1.29 is 4.79 Å². The van der Waals surface area contributed by atoms with Gasteiger partial charge in [-0.15, -0.1) is 0 Å². The molecule has 0 spiro atoms. The monoisotopic (exact) mass is 228 g/mol. The highest BCUT2D eigenvalue weighted by atomic mass is 16.2. The SMILES string of the molecule is CC(CN(C)C)NC(=O)CN1CCNCC1. The van der Waals surface area contributed by atoms with Crippen LogP contribution in [0.3, 0.4) is 0 Å². The summed E-state index contributed by atoms with van der Waals surface area (Å²) in [4.78, 5) is 16.0. The summed E-state index contributed by atoms with van der Waals surface area (Å²) in [5.74, 6) is 0.135. The average Bonchev–Trinajstić information content (AvgIpc) is 2.17. The molecule has 94 valence electrons. The Bertz CT molecular complexity index is 214. The van der Waals surface area contributed by atoms with Crippen LogP contribution >= 0.6 is 0 Å². The van der Waals surface area contributed by atoms with E-state index in [0.717, 1.165) is 32.7 Å². The molecule has 0 aromatic rings. The lowest BCUT2D eigenvalue weighted by molar-refractivity contribution is -0.123. The van der Waals surface area contributed by atoms with E-state index in [1.54, 1.807) is 0 Å². The lowest BCUT2D eigenvalue weighted by Gasteiger charge is -2.27. The average molecular weight is 228 g/mol. The molecule has 1 heterocycles. The number of piperazine rings is 1. The number of likely N-dealkylation sites (N-methyl/N-ethyl adjacent to an activating group) is 1. The molecule has 1 aliphatic rings. The quantitative estimate of drug-likeness (QED) is 0.631. The van der Waals surface area contributed by atoms with Gasteiger partial charge in [-0.3, -0.25) is 9.69 Å². The van der Waals surface area contributed by atoms with Gasteiger partial charge in [0.2, 0.25) is 5.91 Å². The van der Waals surface area contributed by atoms with Gasteiger partial charge in [0.25, 0.3) is 0 Å². The van der Waals surface area contributed by atoms with Gasteiger partial charge < -0.3 is 15.5 Å². The van der Waals surface area contributed by atoms with Crippen LogP contribution in [0, 0.1) is 0 Å². The Morgan fingerprint density at radius 2 is 2.06 bits per heavy atom. The Morgan fingerprint density at radius 3 is 2.62 bits per heavy atom. The first-order chi connectivity index (χ1) is 7.58. The molecule has 1 saturated heterocycles. The number of nitrogens with one attached hydrogen (secondary N) is 2. The number of amides is 1. The summed E-state index contributed by atoms with van der Waals surface area (Å²) in [5, 5.41) is 6.29. The Morgan fingerprint density at radius 1 is 1.44 bits per heavy atom. The summed E-state index contributed by atoms with van der Waals surface area (Å²) in [6.45, 7) is 7.36. The van der Waals surface area contributed by atoms with Crippen molar-refractivity contribution in [2.24, 2.45) is 0 Å². The second kappa shape index (κ2) is 6.83. The molecule has 0 radical (unpaired) electrons. The van der Waals surface area contributed by atoms with Crippen molar-refractivity contribution >= 4 is 5.91 Å². The van der Waals surface area contributed by atoms with Crippen molar-refractivity contribution in [3.05, 3.63) is 0 Å². The first-order valence-electron chi connectivity index (χ1n) is 5.95. The molecule has 0 aromatic heterocycles. The summed E-state index contributed by atoms with van der Waals surface area (Å²) in [6, 6.07) is 0.213. The predicted molar refractivity (Wildman–Crippen MR) is 65.5 cm³/mol. The molecule has 5 heteroatoms. The van der Waals surface area contributed by atoms with Crippen molar-refractivity contribution in [3.63, 3.8) is 0 Å². The standard InChI is InChI=1S/C11H24N4O/c1-10(8-14(2)3)13-11(16)9-15-6-4-12-5-7-15/h10,12H,4-9H2,1-3H3,(H,13,16). The topological polar surface area (TPSA) is 47.6 Å². The van der Waals surface area contributed by atoms with Crippen LogP contribution in [0.2, 0.25) is 0 Å². The minimum atomic E-state index is 0.135. The Hall–Kier alpha value is -0.650. The zero-order valence-corrected chi connectivity index (χ0v) is 10.6. The number of carbonyl (C=O) groups is 1. The smallest absolute Gasteiger partial charge is 0.234 e. The molecule has 1 amide bonds. The highest BCUT2D eigenvalue weighted by Crippen LogP contribution is 1.92. The van der Waals surface area contributed by atoms with E-state index in [1.165, 1.54) is 0 Å². The third-order valence-electron chi connectivity index (χ3n) is 2.62. The van der Waals surface area contributed by atoms with Crippen molar-refractivity contribution in [2.75, 3.05) is 53.4 Å². The van der Waals surface area contributed by atoms with Gasteiger partial charge in [0, 0.05) is 38.8 Å². The van der Waals surface area contributed by atoms with Crippen LogP contribution in [0.5, 0.6) is 0 Å². The molecule has 1 rings (SSSR count). The van der Waals surface area contributed by atoms with Gasteiger partial charge in [0.1, 0.15) is 0 Å². The lowest BCUT2D eigenvalue weighted by Crippen LogP contribution is -2.49. The van der Waals surface area contributed by atoms with E-state index < -0.39 is 0 Å². The highest BCUT2D eigenvalue weighted by Gasteiger charge is 2.14. The van der Waals surface area contributed by atoms with Crippen molar-refractivity contribution in [1.82, 2.24) is 20.4 Å². The van der Waals surface area contributed by atoms with Crippen LogP contribution in [0.15, 0.2) is 0 Å². The maximum Gasteiger partial charge on any atom is 0.234 e. The van der Waals surface area contributed by atoms with Gasteiger partial charge in [0.15, 0.2) is 0 Å². The van der Waals surface area contributed by atoms with Gasteiger partial charge in [-0.25, -0.2) is 0 Å². The third-order valence-corrected chi connectivity index (χ3v) is 2.62. The third kappa shape index (κ3) is 5.44. The van der Waals surface area contributed by atoms with E-state index in [2.05, 4.69) is 20.4 Å². The first-order valence-corrected chi connectivity index (χ1v) is 5.95. The number of carbonyl (C=O) groups excluding carboxylic acids is 1. The van der Waals surface area contributed by atoms with Crippen LogP contribution in [0.25, 0.3) is 0 Å². The van der Waals surface area contributed by atoms with Crippen LogP contribution in [0.1, 0.15) is 6.92 Å². The van der Waals surface area contributed by atoms with E-state index in [1.807, 2.05) is 21.0 Å². The molecule has 1 atom stereocenters. The molecule has 1 aliphatic heterocycles. The maximum absolute atomic E-state index is 11.7. The molecule has 0 bridgehead atoms. The summed E-state index contributed by atoms with van der Waals surface area (Å²) >= 11 is 0. The largest absolute Gasteiger partial charge is 0.351 e. The normalized spacial score (nSPS) is 19.8. The number of hydrogen-bond acceptors (Lipinski definition) is 4. The summed E-state index contributed by atoms with van der Waals surface area (Å²) < 4.78 is 0. The van der Waals surface area contributed by atoms with Crippen LogP contribution in [-0.2, 0) is 4.79 Å². The molecular weight excluding hydrogens is 204 g/mol. The Balaban J connectivity index is 2.18. The fourth-order valence-electron chi connectivity index (χ4n) is 1.99. The van der Waals surface area contributed by atoms with Crippen LogP contribution in [0.4, 0.5) is 0 Å². The summed E-state index contributed by atoms with van der Waals surface area (Å²) in [7, 11) is 4.03. The molecule has 5 nitrogen and oxygen atoms in total. The second-order valence-electron chi connectivity index (χ2n) is 4.76. The van der Waals surface area contributed by atoms with Crippen LogP contribution in [-0.4, -0.2) is 75.1 Å². The fourth-order valence-corrected chi connectivity index (χ4v) is 1.99. The second-order valence-corrected chi connectivity index (χ2v) is 4.76. The van der Waals surface area contributed by atoms with E-state index in [4.69, 9.17) is 0 Å². The summed E-state index contributed by atoms with van der Waals surface area (Å²) in [6.07, 6.45) is 0. The lowest BCUT2D eigenvalue weighted by atomic mass is 10.3. The molecule has 2 N–H and O–H groups in total. The van der Waals surface area contributed by atoms with Crippen LogP contribution < -0.4 is 10.6 Å². The molecule has 1 fully saturated rings. The number of hydrogen-bond donors (Lipinski definition) is 2. The molecule has 0 aromatic carbocycles. The van der Waals surface area contributed by atoms with Gasteiger partial charge >= 0.3 is 0 Å². The molecule has 16 heavy (non-hydrogen) atoms. The van der Waals surface area contributed by atoms with Crippen molar-refractivity contribution in [3.8, 4) is 0 Å². The van der Waals surface area contributed by atoms with Gasteiger partial charge in [-0.1, -0.05) is 0 Å². The maximum atomic E-state index is 11.7. The first kappa shape index (κ1) is 13.4. The zero-order chi connectivity index (χ0) is 12.0. The Kier molecular flexibility index (Phi) is 5.73. The molecule has 0 saturated carbocycles. The minimum Gasteiger partial charge on any atom is -0.351 e. The van der Waals surface area contributed by atoms with Gasteiger partial charge in [-0.05, 0) is 21.0 Å². The minimum absolute atomic E-state index is 0.135. The predicted octanol–water partition coefficient (Wildman–Crippen LogP) is -1.04. The number of nitrogens with zero attached hydrogens (tertiary/aromatic N) is 2. The summed E-state index contributed by atoms with van der Waals surface area (Å²) in [5.41, 5.74) is 0. The van der Waals surface area contributed by atoms with Crippen molar-refractivity contribution in [2.45, 2.75) is 13.0 Å². The van der Waals surface area contributed by atoms with E-state index >= 15 is 0 Å². The highest BCUT2D eigenvalue weighted by molar-refractivity contribution is 5.78. The van der Waals surface area contributed by atoms with Crippen molar-refractivity contribution in [1.29, 1.82) is 0 Å². The van der Waals surface area contributed by atoms with E-state index in [-0.39, 0.29) is 11.9 Å². The molecule has 0 aliphatic carbocycles. The number of rotatable bonds is 5. The van der Waals surface area contributed by atoms with E-state index in [9.17, 15) is 4.79 Å². The fraction of sp³-hybridized carbons (Fsp3) is 0.909.